The molecule has 2 nitrogen and oxygen atoms in total. The third-order valence-electron chi connectivity index (χ3n) is 3.48. The van der Waals surface area contributed by atoms with Crippen molar-refractivity contribution < 1.29 is 22.3 Å². The molecule has 1 heterocycles. The van der Waals surface area contributed by atoms with Gasteiger partial charge < -0.3 is 4.74 Å². The highest BCUT2D eigenvalue weighted by atomic mass is 19.4. The highest BCUT2D eigenvalue weighted by molar-refractivity contribution is 5.68. The fraction of sp³-hybridized carbons (Fsp3) is 0.353. The maximum absolute atomic E-state index is 14.3. The number of ether oxygens (including phenoxy) is 1. The van der Waals surface area contributed by atoms with Crippen molar-refractivity contribution in [1.82, 2.24) is 4.98 Å². The fourth-order valence-electron chi connectivity index (χ4n) is 2.28. The molecule has 6 heteroatoms. The van der Waals surface area contributed by atoms with Crippen LogP contribution in [0.2, 0.25) is 0 Å². The summed E-state index contributed by atoms with van der Waals surface area (Å²) in [7, 11) is 1.40. The van der Waals surface area contributed by atoms with Gasteiger partial charge in [0.25, 0.3) is 0 Å². The molecular formula is C17H17F4NO. The third-order valence-corrected chi connectivity index (χ3v) is 3.48. The molecule has 23 heavy (non-hydrogen) atoms. The first-order valence-corrected chi connectivity index (χ1v) is 6.95. The first-order valence-electron chi connectivity index (χ1n) is 6.95. The van der Waals surface area contributed by atoms with Gasteiger partial charge in [0.15, 0.2) is 0 Å². The van der Waals surface area contributed by atoms with Crippen molar-refractivity contribution in [3.8, 4) is 17.0 Å². The fourth-order valence-corrected chi connectivity index (χ4v) is 2.28. The number of aromatic nitrogens is 1. The van der Waals surface area contributed by atoms with Crippen molar-refractivity contribution in [2.75, 3.05) is 7.11 Å². The molecule has 0 bridgehead atoms. The number of methoxy groups -OCH3 is 1. The van der Waals surface area contributed by atoms with Gasteiger partial charge in [-0.05, 0) is 34.7 Å². The predicted octanol–water partition coefficient (Wildman–Crippen LogP) is 5.21. The minimum absolute atomic E-state index is 0.0232. The van der Waals surface area contributed by atoms with Crippen LogP contribution in [0, 0.1) is 5.82 Å². The Bertz CT molecular complexity index is 700. The van der Waals surface area contributed by atoms with Gasteiger partial charge >= 0.3 is 6.18 Å². The normalized spacial score (nSPS) is 12.3. The lowest BCUT2D eigenvalue weighted by molar-refractivity contribution is -0.137. The van der Waals surface area contributed by atoms with E-state index >= 15 is 0 Å². The van der Waals surface area contributed by atoms with Gasteiger partial charge in [-0.3, -0.25) is 0 Å². The van der Waals surface area contributed by atoms with Crippen molar-refractivity contribution in [1.29, 1.82) is 0 Å². The van der Waals surface area contributed by atoms with Crippen LogP contribution in [0.25, 0.3) is 11.1 Å². The van der Waals surface area contributed by atoms with E-state index in [-0.39, 0.29) is 22.6 Å². The topological polar surface area (TPSA) is 22.1 Å². The lowest BCUT2D eigenvalue weighted by Crippen LogP contribution is -2.17. The Morgan fingerprint density at radius 2 is 1.65 bits per heavy atom. The summed E-state index contributed by atoms with van der Waals surface area (Å²) in [5.74, 6) is -0.398. The van der Waals surface area contributed by atoms with E-state index in [2.05, 4.69) is 4.98 Å². The third kappa shape index (κ3) is 3.63. The van der Waals surface area contributed by atoms with Crippen molar-refractivity contribution in [2.45, 2.75) is 32.4 Å². The molecule has 0 unspecified atom stereocenters. The van der Waals surface area contributed by atoms with E-state index in [4.69, 9.17) is 4.74 Å². The number of pyridine rings is 1. The van der Waals surface area contributed by atoms with Gasteiger partial charge in [-0.2, -0.15) is 13.2 Å². The Morgan fingerprint density at radius 3 is 2.09 bits per heavy atom. The summed E-state index contributed by atoms with van der Waals surface area (Å²) in [5, 5.41) is 0. The highest BCUT2D eigenvalue weighted by Crippen LogP contribution is 2.40. The van der Waals surface area contributed by atoms with E-state index in [1.807, 2.05) is 0 Å². The summed E-state index contributed by atoms with van der Waals surface area (Å²) in [6.07, 6.45) is -3.36. The van der Waals surface area contributed by atoms with Crippen molar-refractivity contribution >= 4 is 0 Å². The summed E-state index contributed by atoms with van der Waals surface area (Å²) in [5.41, 5.74) is -1.65. The molecule has 124 valence electrons. The molecule has 0 aliphatic carbocycles. The molecule has 2 aromatic rings. The average molecular weight is 327 g/mol. The van der Waals surface area contributed by atoms with Crippen LogP contribution in [0.1, 0.15) is 31.9 Å². The van der Waals surface area contributed by atoms with Crippen molar-refractivity contribution in [3.63, 3.8) is 0 Å². The van der Waals surface area contributed by atoms with Crippen LogP contribution in [0.5, 0.6) is 5.88 Å². The number of benzene rings is 1. The molecule has 0 aliphatic heterocycles. The highest BCUT2D eigenvalue weighted by Gasteiger charge is 2.36. The zero-order valence-electron chi connectivity index (χ0n) is 13.3. The molecular weight excluding hydrogens is 310 g/mol. The molecule has 0 atom stereocenters. The van der Waals surface area contributed by atoms with Crippen LogP contribution in [-0.2, 0) is 11.6 Å². The standard InChI is InChI=1S/C17H17F4NO/c1-16(2,3)13-8-12(17(19,20)21)11(7-14(13)18)10-5-6-15(23-4)22-9-10/h5-9H,1-4H3. The Balaban J connectivity index is 2.69. The number of rotatable bonds is 2. The van der Waals surface area contributed by atoms with E-state index < -0.39 is 23.0 Å². The molecule has 2 rings (SSSR count). The molecule has 0 N–H and O–H groups in total. The summed E-state index contributed by atoms with van der Waals surface area (Å²) in [6.45, 7) is 5.00. The van der Waals surface area contributed by atoms with Gasteiger partial charge in [-0.25, -0.2) is 9.37 Å². The molecule has 0 radical (unpaired) electrons. The quantitative estimate of drug-likeness (QED) is 0.706. The second-order valence-corrected chi connectivity index (χ2v) is 6.21. The zero-order chi connectivity index (χ0) is 17.4. The van der Waals surface area contributed by atoms with Crippen LogP contribution in [0.15, 0.2) is 30.5 Å². The number of hydrogen-bond donors (Lipinski definition) is 0. The minimum Gasteiger partial charge on any atom is -0.481 e. The van der Waals surface area contributed by atoms with Crippen molar-refractivity contribution in [3.05, 3.63) is 47.4 Å². The summed E-state index contributed by atoms with van der Waals surface area (Å²) >= 11 is 0. The Hall–Kier alpha value is -2.11. The smallest absolute Gasteiger partial charge is 0.417 e. The number of alkyl halides is 3. The Kier molecular flexibility index (Phi) is 4.37. The molecule has 0 spiro atoms. The molecule has 1 aromatic carbocycles. The van der Waals surface area contributed by atoms with E-state index in [0.717, 1.165) is 12.1 Å². The number of nitrogens with zero attached hydrogens (tertiary/aromatic N) is 1. The van der Waals surface area contributed by atoms with Gasteiger partial charge in [0.2, 0.25) is 5.88 Å². The van der Waals surface area contributed by atoms with Gasteiger partial charge in [0.05, 0.1) is 12.7 Å². The van der Waals surface area contributed by atoms with E-state index in [1.165, 1.54) is 25.4 Å². The molecule has 1 aromatic heterocycles. The van der Waals surface area contributed by atoms with E-state index in [1.54, 1.807) is 20.8 Å². The van der Waals surface area contributed by atoms with E-state index in [9.17, 15) is 17.6 Å². The largest absolute Gasteiger partial charge is 0.481 e. The maximum Gasteiger partial charge on any atom is 0.417 e. The van der Waals surface area contributed by atoms with Crippen LogP contribution in [0.4, 0.5) is 17.6 Å². The monoisotopic (exact) mass is 327 g/mol. The van der Waals surface area contributed by atoms with Crippen LogP contribution < -0.4 is 4.74 Å². The van der Waals surface area contributed by atoms with Crippen molar-refractivity contribution in [2.24, 2.45) is 0 Å². The molecule has 0 saturated carbocycles. The molecule has 0 saturated heterocycles. The predicted molar refractivity (Wildman–Crippen MR) is 79.9 cm³/mol. The maximum atomic E-state index is 14.3. The molecule has 0 aliphatic rings. The first-order chi connectivity index (χ1) is 10.5. The van der Waals surface area contributed by atoms with Gasteiger partial charge in [0, 0.05) is 17.8 Å². The van der Waals surface area contributed by atoms with Gasteiger partial charge in [0.1, 0.15) is 5.82 Å². The SMILES string of the molecule is COc1ccc(-c2cc(F)c(C(C)(C)C)cc2C(F)(F)F)cn1. The van der Waals surface area contributed by atoms with Crippen LogP contribution >= 0.6 is 0 Å². The second-order valence-electron chi connectivity index (χ2n) is 6.21. The number of halogens is 4. The summed E-state index contributed by atoms with van der Waals surface area (Å²) < 4.78 is 59.5. The van der Waals surface area contributed by atoms with E-state index in [0.29, 0.717) is 0 Å². The molecule has 0 amide bonds. The Labute approximate surface area is 132 Å². The van der Waals surface area contributed by atoms with Gasteiger partial charge in [-0.15, -0.1) is 0 Å². The van der Waals surface area contributed by atoms with Crippen LogP contribution in [0.3, 0.4) is 0 Å². The van der Waals surface area contributed by atoms with Crippen LogP contribution in [-0.4, -0.2) is 12.1 Å². The average Bonchev–Trinajstić information content (AvgIpc) is 2.44. The summed E-state index contributed by atoms with van der Waals surface area (Å²) in [6, 6.07) is 4.67. The lowest BCUT2D eigenvalue weighted by atomic mass is 9.84. The minimum atomic E-state index is -4.59. The lowest BCUT2D eigenvalue weighted by Gasteiger charge is -2.23. The summed E-state index contributed by atoms with van der Waals surface area (Å²) in [4.78, 5) is 3.89. The Morgan fingerprint density at radius 1 is 1.00 bits per heavy atom. The first kappa shape index (κ1) is 17.2. The second kappa shape index (κ2) is 5.83. The molecule has 0 fully saturated rings. The zero-order valence-corrected chi connectivity index (χ0v) is 13.3. The number of hydrogen-bond acceptors (Lipinski definition) is 2. The van der Waals surface area contributed by atoms with Gasteiger partial charge in [-0.1, -0.05) is 20.8 Å².